The van der Waals surface area contributed by atoms with Gasteiger partial charge in [-0.05, 0) is 68.3 Å². The fourth-order valence-corrected chi connectivity index (χ4v) is 5.39. The molecule has 3 aromatic rings. The van der Waals surface area contributed by atoms with Gasteiger partial charge >= 0.3 is 0 Å². The second kappa shape index (κ2) is 6.83. The van der Waals surface area contributed by atoms with Crippen LogP contribution in [0.3, 0.4) is 0 Å². The van der Waals surface area contributed by atoms with E-state index in [-0.39, 0.29) is 0 Å². The highest BCUT2D eigenvalue weighted by molar-refractivity contribution is 5.89. The summed E-state index contributed by atoms with van der Waals surface area (Å²) in [7, 11) is 2.27. The van der Waals surface area contributed by atoms with Gasteiger partial charge in [0, 0.05) is 37.1 Å². The van der Waals surface area contributed by atoms with Crippen molar-refractivity contribution in [3.8, 4) is 0 Å². The average molecular weight is 359 g/mol. The number of aryl methyl sites for hydroxylation is 3. The van der Waals surface area contributed by atoms with Gasteiger partial charge in [0.2, 0.25) is 0 Å². The zero-order chi connectivity index (χ0) is 18.4. The number of hydrogen-bond donors (Lipinski definition) is 0. The molecular formula is C25H30N2. The molecule has 27 heavy (non-hydrogen) atoms. The van der Waals surface area contributed by atoms with Crippen molar-refractivity contribution in [2.24, 2.45) is 0 Å². The molecule has 0 bridgehead atoms. The number of nitrogens with zero attached hydrogens (tertiary/aromatic N) is 2. The van der Waals surface area contributed by atoms with Crippen LogP contribution in [0, 0.1) is 6.92 Å². The van der Waals surface area contributed by atoms with Crippen molar-refractivity contribution < 1.29 is 0 Å². The zero-order valence-electron chi connectivity index (χ0n) is 16.7. The Labute approximate surface area is 162 Å². The molecule has 140 valence electrons. The molecule has 0 radical (unpaired) electrons. The summed E-state index contributed by atoms with van der Waals surface area (Å²) in [5.41, 5.74) is 9.33. The largest absolute Gasteiger partial charge is 0.344 e. The van der Waals surface area contributed by atoms with Crippen molar-refractivity contribution in [3.63, 3.8) is 0 Å². The van der Waals surface area contributed by atoms with Crippen molar-refractivity contribution in [2.45, 2.75) is 51.5 Å². The van der Waals surface area contributed by atoms with E-state index in [1.165, 1.54) is 56.3 Å². The minimum Gasteiger partial charge on any atom is -0.344 e. The highest BCUT2D eigenvalue weighted by Crippen LogP contribution is 2.37. The first kappa shape index (κ1) is 17.1. The number of rotatable bonds is 1. The Balaban J connectivity index is 1.63. The van der Waals surface area contributed by atoms with Crippen LogP contribution in [-0.4, -0.2) is 29.6 Å². The first-order valence-corrected chi connectivity index (χ1v) is 10.6. The molecule has 1 atom stereocenters. The van der Waals surface area contributed by atoms with E-state index < -0.39 is 0 Å². The lowest BCUT2D eigenvalue weighted by Gasteiger charge is -2.24. The van der Waals surface area contributed by atoms with Gasteiger partial charge in [0.05, 0.1) is 5.52 Å². The maximum Gasteiger partial charge on any atom is 0.0518 e. The molecule has 1 unspecified atom stereocenters. The zero-order valence-corrected chi connectivity index (χ0v) is 16.7. The van der Waals surface area contributed by atoms with Crippen LogP contribution in [0.15, 0.2) is 42.5 Å². The van der Waals surface area contributed by atoms with Crippen LogP contribution < -0.4 is 0 Å². The van der Waals surface area contributed by atoms with Crippen molar-refractivity contribution in [1.29, 1.82) is 0 Å². The van der Waals surface area contributed by atoms with Gasteiger partial charge in [0.25, 0.3) is 0 Å². The minimum atomic E-state index is 0.668. The van der Waals surface area contributed by atoms with E-state index in [1.807, 2.05) is 0 Å². The molecule has 0 saturated heterocycles. The summed E-state index contributed by atoms with van der Waals surface area (Å²) >= 11 is 0. The quantitative estimate of drug-likeness (QED) is 0.587. The predicted molar refractivity (Wildman–Crippen MR) is 114 cm³/mol. The average Bonchev–Trinajstić information content (AvgIpc) is 2.81. The summed E-state index contributed by atoms with van der Waals surface area (Å²) in [5.74, 6) is 0.668. The predicted octanol–water partition coefficient (Wildman–Crippen LogP) is 5.10. The molecular weight excluding hydrogens is 328 g/mol. The Morgan fingerprint density at radius 1 is 0.889 bits per heavy atom. The van der Waals surface area contributed by atoms with Gasteiger partial charge in [-0.15, -0.1) is 0 Å². The Bertz CT molecular complexity index is 967. The number of fused-ring (bicyclic) bond motifs is 3. The van der Waals surface area contributed by atoms with Gasteiger partial charge < -0.3 is 9.47 Å². The van der Waals surface area contributed by atoms with E-state index in [2.05, 4.69) is 65.9 Å². The molecule has 2 aliphatic heterocycles. The monoisotopic (exact) mass is 358 g/mol. The molecule has 1 aromatic heterocycles. The number of aromatic nitrogens is 1. The lowest BCUT2D eigenvalue weighted by Crippen LogP contribution is -2.21. The normalized spacial score (nSPS) is 20.7. The number of likely N-dealkylation sites (N-methyl/N-ethyl adjacent to an activating group) is 1. The fourth-order valence-electron chi connectivity index (χ4n) is 5.39. The smallest absolute Gasteiger partial charge is 0.0518 e. The SMILES string of the molecule is Cc1cc2c3c(c1)c1c(n3CCC(c3ccccc3)CC2)CCN(C)CC1. The van der Waals surface area contributed by atoms with Crippen LogP contribution in [0.4, 0.5) is 0 Å². The molecule has 2 nitrogen and oxygen atoms in total. The third kappa shape index (κ3) is 3.00. The van der Waals surface area contributed by atoms with E-state index in [4.69, 9.17) is 0 Å². The van der Waals surface area contributed by atoms with Crippen LogP contribution in [-0.2, 0) is 25.8 Å². The number of hydrogen-bond acceptors (Lipinski definition) is 1. The fraction of sp³-hybridized carbons (Fsp3) is 0.440. The molecule has 2 aliphatic rings. The summed E-state index contributed by atoms with van der Waals surface area (Å²) in [4.78, 5) is 2.49. The van der Waals surface area contributed by atoms with Crippen LogP contribution in [0.2, 0.25) is 0 Å². The van der Waals surface area contributed by atoms with Gasteiger partial charge in [-0.1, -0.05) is 42.0 Å². The molecule has 0 spiro atoms. The van der Waals surface area contributed by atoms with Crippen LogP contribution in [0.1, 0.15) is 46.7 Å². The molecule has 3 heterocycles. The second-order valence-corrected chi connectivity index (χ2v) is 8.64. The molecule has 2 aromatic carbocycles. The first-order chi connectivity index (χ1) is 13.2. The van der Waals surface area contributed by atoms with Crippen LogP contribution in [0.25, 0.3) is 10.9 Å². The lowest BCUT2D eigenvalue weighted by molar-refractivity contribution is 0.350. The molecule has 0 N–H and O–H groups in total. The van der Waals surface area contributed by atoms with Crippen molar-refractivity contribution in [1.82, 2.24) is 9.47 Å². The van der Waals surface area contributed by atoms with E-state index in [9.17, 15) is 0 Å². The Hall–Kier alpha value is -2.06. The van der Waals surface area contributed by atoms with E-state index in [1.54, 1.807) is 27.7 Å². The molecule has 0 fully saturated rings. The van der Waals surface area contributed by atoms with E-state index in [0.717, 1.165) is 6.54 Å². The summed E-state index contributed by atoms with van der Waals surface area (Å²) in [6, 6.07) is 16.1. The lowest BCUT2D eigenvalue weighted by atomic mass is 9.88. The van der Waals surface area contributed by atoms with E-state index >= 15 is 0 Å². The Kier molecular flexibility index (Phi) is 4.32. The molecule has 0 amide bonds. The minimum absolute atomic E-state index is 0.668. The molecule has 5 rings (SSSR count). The molecule has 0 saturated carbocycles. The summed E-state index contributed by atoms with van der Waals surface area (Å²) in [6.07, 6.45) is 6.10. The number of benzene rings is 2. The van der Waals surface area contributed by atoms with E-state index in [0.29, 0.717) is 5.92 Å². The summed E-state index contributed by atoms with van der Waals surface area (Å²) in [5, 5.41) is 1.55. The topological polar surface area (TPSA) is 8.17 Å². The van der Waals surface area contributed by atoms with Gasteiger partial charge in [0.15, 0.2) is 0 Å². The maximum atomic E-state index is 2.72. The first-order valence-electron chi connectivity index (χ1n) is 10.6. The highest BCUT2D eigenvalue weighted by atomic mass is 15.1. The third-order valence-corrected chi connectivity index (χ3v) is 6.81. The van der Waals surface area contributed by atoms with Gasteiger partial charge in [-0.25, -0.2) is 0 Å². The van der Waals surface area contributed by atoms with Gasteiger partial charge in [0.1, 0.15) is 0 Å². The summed E-state index contributed by atoms with van der Waals surface area (Å²) < 4.78 is 2.72. The van der Waals surface area contributed by atoms with Gasteiger partial charge in [-0.3, -0.25) is 0 Å². The Morgan fingerprint density at radius 2 is 1.70 bits per heavy atom. The maximum absolute atomic E-state index is 2.72. The van der Waals surface area contributed by atoms with Crippen molar-refractivity contribution in [2.75, 3.05) is 20.1 Å². The third-order valence-electron chi connectivity index (χ3n) is 6.81. The molecule has 0 aliphatic carbocycles. The van der Waals surface area contributed by atoms with Crippen molar-refractivity contribution in [3.05, 3.63) is 70.4 Å². The summed E-state index contributed by atoms with van der Waals surface area (Å²) in [6.45, 7) is 5.79. The van der Waals surface area contributed by atoms with Gasteiger partial charge in [-0.2, -0.15) is 0 Å². The second-order valence-electron chi connectivity index (χ2n) is 8.64. The van der Waals surface area contributed by atoms with Crippen LogP contribution in [0.5, 0.6) is 0 Å². The standard InChI is InChI=1S/C25H30N2/c1-18-16-21-9-8-20(19-6-4-3-5-7-19)10-15-27-24-12-14-26(2)13-11-22(24)23(17-18)25(21)27/h3-7,16-17,20H,8-15H2,1-2H3. The Morgan fingerprint density at radius 3 is 2.56 bits per heavy atom. The van der Waals surface area contributed by atoms with Crippen LogP contribution >= 0.6 is 0 Å². The molecule has 2 heteroatoms. The highest BCUT2D eigenvalue weighted by Gasteiger charge is 2.25. The van der Waals surface area contributed by atoms with Crippen molar-refractivity contribution >= 4 is 10.9 Å².